The molecule has 5 heteroatoms. The predicted octanol–water partition coefficient (Wildman–Crippen LogP) is 2.79. The summed E-state index contributed by atoms with van der Waals surface area (Å²) in [5, 5.41) is 4.35. The van der Waals surface area contributed by atoms with Crippen molar-refractivity contribution in [3.63, 3.8) is 0 Å². The Morgan fingerprint density at radius 1 is 1.33 bits per heavy atom. The van der Waals surface area contributed by atoms with Gasteiger partial charge in [-0.15, -0.1) is 0 Å². The molecular weight excluding hydrogens is 209 g/mol. The van der Waals surface area contributed by atoms with Gasteiger partial charge in [0.25, 0.3) is 0 Å². The lowest BCUT2D eigenvalue weighted by molar-refractivity contribution is 0.588. The molecule has 0 aromatic heterocycles. The van der Waals surface area contributed by atoms with Gasteiger partial charge in [-0.25, -0.2) is 0 Å². The molecule has 0 aliphatic heterocycles. The Morgan fingerprint density at radius 2 is 1.93 bits per heavy atom. The second-order valence-corrected chi connectivity index (χ2v) is 6.94. The Balaban J connectivity index is 2.72. The number of hydrogen-bond acceptors (Lipinski definition) is 2. The van der Waals surface area contributed by atoms with E-state index in [1.54, 1.807) is 13.3 Å². The van der Waals surface area contributed by atoms with Crippen molar-refractivity contribution in [2.24, 2.45) is 5.11 Å². The smallest absolute Gasteiger partial charge is 0.109 e. The van der Waals surface area contributed by atoms with Crippen LogP contribution in [0.1, 0.15) is 5.56 Å². The molecule has 4 nitrogen and oxygen atoms in total. The van der Waals surface area contributed by atoms with Crippen LogP contribution in [0.15, 0.2) is 29.4 Å². The third-order valence-electron chi connectivity index (χ3n) is 2.12. The molecular formula is C10H14N3OP. The van der Waals surface area contributed by atoms with Crippen LogP contribution in [0.5, 0.6) is 0 Å². The summed E-state index contributed by atoms with van der Waals surface area (Å²) in [6, 6.07) is 7.63. The van der Waals surface area contributed by atoms with E-state index in [-0.39, 0.29) is 0 Å². The quantitative estimate of drug-likeness (QED) is 0.335. The number of rotatable bonds is 4. The largest absolute Gasteiger partial charge is 0.319 e. The Bertz CT molecular complexity index is 415. The second kappa shape index (κ2) is 5.01. The van der Waals surface area contributed by atoms with E-state index in [2.05, 4.69) is 10.0 Å². The van der Waals surface area contributed by atoms with Crippen molar-refractivity contribution in [1.29, 1.82) is 0 Å². The van der Waals surface area contributed by atoms with Crippen LogP contribution in [0, 0.1) is 0 Å². The van der Waals surface area contributed by atoms with E-state index >= 15 is 0 Å². The topological polar surface area (TPSA) is 65.8 Å². The summed E-state index contributed by atoms with van der Waals surface area (Å²) in [5.41, 5.74) is 9.21. The molecule has 0 bridgehead atoms. The van der Waals surface area contributed by atoms with Crippen LogP contribution in [0.2, 0.25) is 0 Å². The third-order valence-corrected chi connectivity index (χ3v) is 3.66. The van der Waals surface area contributed by atoms with E-state index in [1.807, 2.05) is 24.3 Å². The van der Waals surface area contributed by atoms with Crippen molar-refractivity contribution in [1.82, 2.24) is 0 Å². The fourth-order valence-corrected chi connectivity index (χ4v) is 2.11. The van der Waals surface area contributed by atoms with Crippen LogP contribution >= 0.6 is 7.14 Å². The Kier molecular flexibility index (Phi) is 3.96. The van der Waals surface area contributed by atoms with E-state index in [9.17, 15) is 4.57 Å². The number of benzene rings is 1. The van der Waals surface area contributed by atoms with E-state index < -0.39 is 7.14 Å². The monoisotopic (exact) mass is 223 g/mol. The van der Waals surface area contributed by atoms with Crippen molar-refractivity contribution in [3.05, 3.63) is 40.3 Å². The average molecular weight is 223 g/mol. The lowest BCUT2D eigenvalue weighted by atomic mass is 10.2. The van der Waals surface area contributed by atoms with Crippen LogP contribution in [0.3, 0.4) is 0 Å². The zero-order chi connectivity index (χ0) is 11.3. The SMILES string of the molecule is CP(C)(=O)c1ccc(CCN=[N+]=[N-])cc1. The summed E-state index contributed by atoms with van der Waals surface area (Å²) in [4.78, 5) is 2.69. The maximum Gasteiger partial charge on any atom is 0.109 e. The van der Waals surface area contributed by atoms with Crippen molar-refractivity contribution in [2.75, 3.05) is 19.9 Å². The first-order valence-corrected chi connectivity index (χ1v) is 7.29. The van der Waals surface area contributed by atoms with Crippen molar-refractivity contribution < 1.29 is 4.57 Å². The molecule has 15 heavy (non-hydrogen) atoms. The molecule has 0 aliphatic carbocycles. The van der Waals surface area contributed by atoms with Crippen molar-refractivity contribution in [3.8, 4) is 0 Å². The number of hydrogen-bond donors (Lipinski definition) is 0. The highest BCUT2D eigenvalue weighted by Gasteiger charge is 2.09. The Morgan fingerprint density at radius 3 is 2.40 bits per heavy atom. The Hall–Kier alpha value is -1.24. The van der Waals surface area contributed by atoms with E-state index in [1.165, 1.54) is 0 Å². The van der Waals surface area contributed by atoms with Gasteiger partial charge in [0.1, 0.15) is 7.14 Å². The van der Waals surface area contributed by atoms with Crippen molar-refractivity contribution >= 4 is 12.4 Å². The highest BCUT2D eigenvalue weighted by molar-refractivity contribution is 7.70. The first kappa shape index (κ1) is 11.8. The number of nitrogens with zero attached hydrogens (tertiary/aromatic N) is 3. The van der Waals surface area contributed by atoms with E-state index in [0.29, 0.717) is 6.54 Å². The molecule has 0 saturated heterocycles. The molecule has 1 aromatic carbocycles. The lowest BCUT2D eigenvalue weighted by Gasteiger charge is -2.07. The molecule has 0 N–H and O–H groups in total. The summed E-state index contributed by atoms with van der Waals surface area (Å²) in [7, 11) is -2.15. The van der Waals surface area contributed by atoms with Gasteiger partial charge in [-0.2, -0.15) is 0 Å². The molecule has 0 saturated carbocycles. The molecule has 1 rings (SSSR count). The van der Waals surface area contributed by atoms with Crippen LogP contribution in [0.25, 0.3) is 10.4 Å². The van der Waals surface area contributed by atoms with Crippen LogP contribution in [-0.4, -0.2) is 19.9 Å². The first-order valence-electron chi connectivity index (χ1n) is 4.69. The van der Waals surface area contributed by atoms with Crippen LogP contribution in [0.4, 0.5) is 0 Å². The summed E-state index contributed by atoms with van der Waals surface area (Å²) < 4.78 is 11.7. The first-order chi connectivity index (χ1) is 7.04. The maximum atomic E-state index is 11.7. The minimum Gasteiger partial charge on any atom is -0.319 e. The molecule has 80 valence electrons. The Labute approximate surface area is 89.3 Å². The van der Waals surface area contributed by atoms with Crippen LogP contribution < -0.4 is 5.30 Å². The van der Waals surface area contributed by atoms with Crippen molar-refractivity contribution in [2.45, 2.75) is 6.42 Å². The molecule has 0 fully saturated rings. The summed E-state index contributed by atoms with van der Waals surface area (Å²) >= 11 is 0. The normalized spacial score (nSPS) is 10.8. The molecule has 0 unspecified atom stereocenters. The average Bonchev–Trinajstić information content (AvgIpc) is 2.18. The van der Waals surface area contributed by atoms with E-state index in [4.69, 9.17) is 5.53 Å². The minimum atomic E-state index is -2.15. The summed E-state index contributed by atoms with van der Waals surface area (Å²) in [6.07, 6.45) is 0.724. The molecule has 0 aliphatic rings. The molecule has 0 spiro atoms. The third kappa shape index (κ3) is 3.78. The highest BCUT2D eigenvalue weighted by atomic mass is 31.2. The summed E-state index contributed by atoms with van der Waals surface area (Å²) in [6.45, 7) is 3.97. The lowest BCUT2D eigenvalue weighted by Crippen LogP contribution is -2.02. The standard InChI is InChI=1S/C10H14N3OP/c1-15(2,14)10-5-3-9(4-6-10)7-8-12-13-11/h3-6H,7-8H2,1-2H3. The zero-order valence-electron chi connectivity index (χ0n) is 8.92. The maximum absolute atomic E-state index is 11.7. The summed E-state index contributed by atoms with van der Waals surface area (Å²) in [5.74, 6) is 0. The van der Waals surface area contributed by atoms with Gasteiger partial charge in [0, 0.05) is 16.8 Å². The zero-order valence-corrected chi connectivity index (χ0v) is 9.82. The molecule has 0 amide bonds. The van der Waals surface area contributed by atoms with Gasteiger partial charge in [-0.05, 0) is 30.8 Å². The van der Waals surface area contributed by atoms with Gasteiger partial charge in [-0.3, -0.25) is 0 Å². The van der Waals surface area contributed by atoms with Crippen LogP contribution in [-0.2, 0) is 11.0 Å². The molecule has 0 atom stereocenters. The predicted molar refractivity (Wildman–Crippen MR) is 63.2 cm³/mol. The van der Waals surface area contributed by atoms with Gasteiger partial charge < -0.3 is 4.57 Å². The molecule has 0 radical (unpaired) electrons. The van der Waals surface area contributed by atoms with E-state index in [0.717, 1.165) is 17.3 Å². The molecule has 0 heterocycles. The fraction of sp³-hybridized carbons (Fsp3) is 0.400. The molecule has 1 aromatic rings. The van der Waals surface area contributed by atoms with Gasteiger partial charge in [0.15, 0.2) is 0 Å². The van der Waals surface area contributed by atoms with Gasteiger partial charge >= 0.3 is 0 Å². The minimum absolute atomic E-state index is 0.464. The second-order valence-electron chi connectivity index (χ2n) is 3.72. The van der Waals surface area contributed by atoms with Gasteiger partial charge in [0.2, 0.25) is 0 Å². The number of azide groups is 1. The fourth-order valence-electron chi connectivity index (χ4n) is 1.25. The highest BCUT2D eigenvalue weighted by Crippen LogP contribution is 2.34. The van der Waals surface area contributed by atoms with Gasteiger partial charge in [0.05, 0.1) is 0 Å². The van der Waals surface area contributed by atoms with Gasteiger partial charge in [-0.1, -0.05) is 29.4 Å².